The van der Waals surface area contributed by atoms with Gasteiger partial charge < -0.3 is 9.47 Å². The van der Waals surface area contributed by atoms with Gasteiger partial charge >= 0.3 is 5.97 Å². The van der Waals surface area contributed by atoms with Gasteiger partial charge in [0.25, 0.3) is 0 Å². The van der Waals surface area contributed by atoms with Gasteiger partial charge in [0.1, 0.15) is 0 Å². The number of carbonyl (C=O) groups excluding carboxylic acids is 1. The van der Waals surface area contributed by atoms with Crippen LogP contribution in [0.1, 0.15) is 13.8 Å². The van der Waals surface area contributed by atoms with Gasteiger partial charge in [-0.25, -0.2) is 0 Å². The fourth-order valence-electron chi connectivity index (χ4n) is 0.770. The maximum Gasteiger partial charge on any atom is 0.311 e. The molecule has 1 aliphatic rings. The highest BCUT2D eigenvalue weighted by atomic mass is 16.6. The lowest BCUT2D eigenvalue weighted by atomic mass is 10.1. The number of hydrogen-bond acceptors (Lipinski definition) is 3. The number of carbonyl (C=O) groups is 1. The van der Waals surface area contributed by atoms with Gasteiger partial charge in [-0.1, -0.05) is 0 Å². The van der Waals surface area contributed by atoms with Crippen molar-refractivity contribution in [3.05, 3.63) is 0 Å². The molecule has 0 aromatic carbocycles. The lowest BCUT2D eigenvalue weighted by Crippen LogP contribution is -2.19. The molecule has 0 radical (unpaired) electrons. The first-order valence-corrected chi connectivity index (χ1v) is 3.54. The molecule has 0 aromatic heterocycles. The minimum atomic E-state index is -0.148. The van der Waals surface area contributed by atoms with Crippen LogP contribution in [0, 0.1) is 5.92 Å². The van der Waals surface area contributed by atoms with Gasteiger partial charge in [-0.15, -0.1) is 0 Å². The average Bonchev–Trinajstić information content (AvgIpc) is 2.68. The lowest BCUT2D eigenvalue weighted by molar-refractivity contribution is -0.148. The molecule has 1 fully saturated rings. The first-order valence-electron chi connectivity index (χ1n) is 3.54. The highest BCUT2D eigenvalue weighted by molar-refractivity contribution is 5.73. The summed E-state index contributed by atoms with van der Waals surface area (Å²) in [5, 5.41) is 0. The van der Waals surface area contributed by atoms with E-state index in [4.69, 9.17) is 9.47 Å². The van der Waals surface area contributed by atoms with Crippen molar-refractivity contribution in [2.75, 3.05) is 13.2 Å². The second-order valence-electron chi connectivity index (χ2n) is 2.41. The quantitative estimate of drug-likeness (QED) is 0.429. The molecule has 0 aliphatic carbocycles. The summed E-state index contributed by atoms with van der Waals surface area (Å²) < 4.78 is 9.72. The van der Waals surface area contributed by atoms with Crippen LogP contribution in [0.2, 0.25) is 0 Å². The van der Waals surface area contributed by atoms with Crippen LogP contribution < -0.4 is 0 Å². The molecule has 0 aromatic rings. The van der Waals surface area contributed by atoms with Gasteiger partial charge in [0.2, 0.25) is 0 Å². The fraction of sp³-hybridized carbons (Fsp3) is 0.857. The SMILES string of the molecule is CCOC(=O)[C@H](C)[C@@H]1CO1. The predicted octanol–water partition coefficient (Wildman–Crippen LogP) is 0.584. The molecule has 0 N–H and O–H groups in total. The summed E-state index contributed by atoms with van der Waals surface area (Å²) in [6.45, 7) is 4.80. The molecule has 1 aliphatic heterocycles. The van der Waals surface area contributed by atoms with Crippen LogP contribution in [0.15, 0.2) is 0 Å². The maximum absolute atomic E-state index is 10.9. The Morgan fingerprint density at radius 1 is 1.90 bits per heavy atom. The Labute approximate surface area is 60.3 Å². The maximum atomic E-state index is 10.9. The van der Waals surface area contributed by atoms with Crippen LogP contribution in [-0.2, 0) is 14.3 Å². The van der Waals surface area contributed by atoms with Crippen LogP contribution in [0.25, 0.3) is 0 Å². The Hall–Kier alpha value is -0.570. The zero-order valence-corrected chi connectivity index (χ0v) is 6.29. The van der Waals surface area contributed by atoms with E-state index < -0.39 is 0 Å². The topological polar surface area (TPSA) is 38.8 Å². The minimum absolute atomic E-state index is 0.0834. The molecule has 3 heteroatoms. The third kappa shape index (κ3) is 1.70. The summed E-state index contributed by atoms with van der Waals surface area (Å²) in [6, 6.07) is 0. The summed E-state index contributed by atoms with van der Waals surface area (Å²) >= 11 is 0. The van der Waals surface area contributed by atoms with Gasteiger partial charge in [-0.3, -0.25) is 4.79 Å². The van der Waals surface area contributed by atoms with Crippen molar-refractivity contribution in [3.63, 3.8) is 0 Å². The predicted molar refractivity (Wildman–Crippen MR) is 35.5 cm³/mol. The van der Waals surface area contributed by atoms with E-state index >= 15 is 0 Å². The smallest absolute Gasteiger partial charge is 0.311 e. The van der Waals surface area contributed by atoms with Crippen molar-refractivity contribution >= 4 is 5.97 Å². The van der Waals surface area contributed by atoms with E-state index in [2.05, 4.69) is 0 Å². The van der Waals surface area contributed by atoms with E-state index in [9.17, 15) is 4.79 Å². The van der Waals surface area contributed by atoms with Crippen molar-refractivity contribution < 1.29 is 14.3 Å². The van der Waals surface area contributed by atoms with Gasteiger partial charge in [-0.05, 0) is 13.8 Å². The average molecular weight is 144 g/mol. The lowest BCUT2D eigenvalue weighted by Gasteiger charge is -2.05. The summed E-state index contributed by atoms with van der Waals surface area (Å²) in [6.07, 6.45) is 0.124. The van der Waals surface area contributed by atoms with E-state index in [0.717, 1.165) is 0 Å². The third-order valence-electron chi connectivity index (χ3n) is 1.58. The molecule has 58 valence electrons. The van der Waals surface area contributed by atoms with E-state index in [0.29, 0.717) is 13.2 Å². The minimum Gasteiger partial charge on any atom is -0.466 e. The number of hydrogen-bond donors (Lipinski definition) is 0. The molecule has 3 nitrogen and oxygen atoms in total. The van der Waals surface area contributed by atoms with Crippen LogP contribution in [0.5, 0.6) is 0 Å². The van der Waals surface area contributed by atoms with Crippen molar-refractivity contribution in [1.82, 2.24) is 0 Å². The Kier molecular flexibility index (Phi) is 2.27. The van der Waals surface area contributed by atoms with E-state index in [1.807, 2.05) is 6.92 Å². The summed E-state index contributed by atoms with van der Waals surface area (Å²) in [5.74, 6) is -0.232. The molecule has 0 amide bonds. The molecule has 0 bridgehead atoms. The normalized spacial score (nSPS) is 25.6. The Morgan fingerprint density at radius 3 is 2.90 bits per heavy atom. The Morgan fingerprint density at radius 2 is 2.50 bits per heavy atom. The monoisotopic (exact) mass is 144 g/mol. The van der Waals surface area contributed by atoms with E-state index in [-0.39, 0.29) is 18.0 Å². The van der Waals surface area contributed by atoms with Crippen molar-refractivity contribution in [2.24, 2.45) is 5.92 Å². The molecular formula is C7H12O3. The van der Waals surface area contributed by atoms with Gasteiger partial charge in [0.15, 0.2) is 0 Å². The number of esters is 1. The number of rotatable bonds is 3. The second kappa shape index (κ2) is 3.01. The molecule has 0 unspecified atom stereocenters. The molecular weight excluding hydrogens is 132 g/mol. The number of ether oxygens (including phenoxy) is 2. The Bertz CT molecular complexity index is 129. The molecule has 0 spiro atoms. The zero-order valence-electron chi connectivity index (χ0n) is 6.29. The summed E-state index contributed by atoms with van der Waals surface area (Å²) in [4.78, 5) is 10.9. The zero-order chi connectivity index (χ0) is 7.56. The van der Waals surface area contributed by atoms with Crippen LogP contribution in [0.3, 0.4) is 0 Å². The van der Waals surface area contributed by atoms with E-state index in [1.54, 1.807) is 6.92 Å². The first kappa shape index (κ1) is 7.54. The highest BCUT2D eigenvalue weighted by Gasteiger charge is 2.34. The summed E-state index contributed by atoms with van der Waals surface area (Å²) in [5.41, 5.74) is 0. The molecule has 0 saturated carbocycles. The van der Waals surface area contributed by atoms with Crippen molar-refractivity contribution in [2.45, 2.75) is 20.0 Å². The molecule has 2 atom stereocenters. The number of epoxide rings is 1. The highest BCUT2D eigenvalue weighted by Crippen LogP contribution is 2.20. The molecule has 10 heavy (non-hydrogen) atoms. The van der Waals surface area contributed by atoms with Gasteiger partial charge in [0.05, 0.1) is 25.2 Å². The second-order valence-corrected chi connectivity index (χ2v) is 2.41. The molecule has 1 heterocycles. The van der Waals surface area contributed by atoms with Crippen molar-refractivity contribution in [1.29, 1.82) is 0 Å². The molecule has 1 saturated heterocycles. The third-order valence-corrected chi connectivity index (χ3v) is 1.58. The van der Waals surface area contributed by atoms with Gasteiger partial charge in [-0.2, -0.15) is 0 Å². The fourth-order valence-corrected chi connectivity index (χ4v) is 0.770. The Balaban J connectivity index is 2.24. The molecule has 1 rings (SSSR count). The van der Waals surface area contributed by atoms with Crippen LogP contribution in [0.4, 0.5) is 0 Å². The van der Waals surface area contributed by atoms with Crippen LogP contribution in [-0.4, -0.2) is 25.3 Å². The standard InChI is InChI=1S/C7H12O3/c1-3-9-7(8)5(2)6-4-10-6/h5-6H,3-4H2,1-2H3/t5-,6+/m1/s1. The van der Waals surface area contributed by atoms with Crippen molar-refractivity contribution in [3.8, 4) is 0 Å². The summed E-state index contributed by atoms with van der Waals surface area (Å²) in [7, 11) is 0. The van der Waals surface area contributed by atoms with Crippen LogP contribution >= 0.6 is 0 Å². The first-order chi connectivity index (χ1) is 4.75. The van der Waals surface area contributed by atoms with Gasteiger partial charge in [0, 0.05) is 0 Å². The largest absolute Gasteiger partial charge is 0.466 e. The van der Waals surface area contributed by atoms with E-state index in [1.165, 1.54) is 0 Å².